The zero-order valence-electron chi connectivity index (χ0n) is 31.0. The van der Waals surface area contributed by atoms with Gasteiger partial charge in [-0.05, 0) is 59.2 Å². The van der Waals surface area contributed by atoms with Crippen molar-refractivity contribution in [3.05, 3.63) is 148 Å². The molecule has 56 heavy (non-hydrogen) atoms. The monoisotopic (exact) mass is 779 g/mol. The van der Waals surface area contributed by atoms with Gasteiger partial charge in [-0.15, -0.1) is 11.3 Å². The quantitative estimate of drug-likeness (QED) is 0.128. The van der Waals surface area contributed by atoms with E-state index in [-0.39, 0.29) is 18.9 Å². The largest absolute Gasteiger partial charge is 0.416 e. The molecule has 0 N–H and O–H groups in total. The maximum atomic E-state index is 14.6. The van der Waals surface area contributed by atoms with Crippen molar-refractivity contribution in [3.63, 3.8) is 0 Å². The van der Waals surface area contributed by atoms with E-state index in [1.165, 1.54) is 41.2 Å². The zero-order valence-corrected chi connectivity index (χ0v) is 31.8. The lowest BCUT2D eigenvalue weighted by Gasteiger charge is -2.39. The predicted octanol–water partition coefficient (Wildman–Crippen LogP) is 6.88. The third-order valence-electron chi connectivity index (χ3n) is 10.3. The lowest BCUT2D eigenvalue weighted by atomic mass is 10.0. The van der Waals surface area contributed by atoms with Gasteiger partial charge in [0.25, 0.3) is 0 Å². The first kappa shape index (κ1) is 38.7. The van der Waals surface area contributed by atoms with Gasteiger partial charge in [0, 0.05) is 95.2 Å². The third kappa shape index (κ3) is 10.0. The number of piperazine rings is 2. The molecule has 290 valence electrons. The highest BCUT2D eigenvalue weighted by Crippen LogP contribution is 2.29. The average molecular weight is 780 g/mol. The van der Waals surface area contributed by atoms with Crippen molar-refractivity contribution in [1.29, 1.82) is 0 Å². The van der Waals surface area contributed by atoms with Gasteiger partial charge in [0.1, 0.15) is 11.9 Å². The lowest BCUT2D eigenvalue weighted by Crippen LogP contribution is -2.56. The van der Waals surface area contributed by atoms with Gasteiger partial charge in [-0.25, -0.2) is 9.97 Å². The van der Waals surface area contributed by atoms with Gasteiger partial charge in [0.2, 0.25) is 11.8 Å². The van der Waals surface area contributed by atoms with Crippen LogP contribution >= 0.6 is 11.3 Å². The Morgan fingerprint density at radius 3 is 2.11 bits per heavy atom. The van der Waals surface area contributed by atoms with Gasteiger partial charge in [0.05, 0.1) is 16.8 Å². The van der Waals surface area contributed by atoms with Gasteiger partial charge in [-0.1, -0.05) is 60.7 Å². The van der Waals surface area contributed by atoms with Crippen LogP contribution in [0.1, 0.15) is 27.9 Å². The summed E-state index contributed by atoms with van der Waals surface area (Å²) in [5.41, 5.74) is 5.22. The number of hydrogen-bond donors (Lipinski definition) is 0. The maximum absolute atomic E-state index is 14.6. The van der Waals surface area contributed by atoms with E-state index in [1.807, 2.05) is 58.8 Å². The fourth-order valence-corrected chi connectivity index (χ4v) is 7.75. The first-order chi connectivity index (χ1) is 27.2. The highest BCUT2D eigenvalue weighted by molar-refractivity contribution is 7.07. The summed E-state index contributed by atoms with van der Waals surface area (Å²) < 4.78 is 39.7. The molecule has 0 aliphatic carbocycles. The number of nitrogens with zero attached hydrogens (tertiary/aromatic N) is 7. The van der Waals surface area contributed by atoms with Crippen molar-refractivity contribution in [2.75, 3.05) is 62.2 Å². The molecule has 2 saturated heterocycles. The van der Waals surface area contributed by atoms with Crippen LogP contribution in [0.25, 0.3) is 6.08 Å². The number of rotatable bonds is 12. The highest BCUT2D eigenvalue weighted by atomic mass is 32.1. The van der Waals surface area contributed by atoms with E-state index in [0.717, 1.165) is 61.9 Å². The summed E-state index contributed by atoms with van der Waals surface area (Å²) in [6.45, 7) is 6.72. The second-order valence-electron chi connectivity index (χ2n) is 14.0. The molecule has 9 nitrogen and oxygen atoms in total. The van der Waals surface area contributed by atoms with E-state index in [2.05, 4.69) is 48.9 Å². The summed E-state index contributed by atoms with van der Waals surface area (Å²) in [5.74, 6) is 0.391. The predicted molar refractivity (Wildman–Crippen MR) is 214 cm³/mol. The van der Waals surface area contributed by atoms with Crippen LogP contribution in [-0.4, -0.2) is 94.9 Å². The molecule has 2 fully saturated rings. The molecule has 0 bridgehead atoms. The molecule has 0 spiro atoms. The zero-order chi connectivity index (χ0) is 38.9. The molecule has 5 aromatic rings. The van der Waals surface area contributed by atoms with Crippen molar-refractivity contribution >= 4 is 40.7 Å². The topological polar surface area (TPSA) is 76.1 Å². The van der Waals surface area contributed by atoms with E-state index in [9.17, 15) is 22.8 Å². The molecule has 2 aliphatic heterocycles. The van der Waals surface area contributed by atoms with E-state index >= 15 is 0 Å². The van der Waals surface area contributed by atoms with E-state index < -0.39 is 23.7 Å². The molecule has 2 amide bonds. The molecule has 0 saturated carbocycles. The number of aromatic nitrogens is 2. The summed E-state index contributed by atoms with van der Waals surface area (Å²) in [4.78, 5) is 48.1. The minimum atomic E-state index is -4.46. The van der Waals surface area contributed by atoms with Crippen molar-refractivity contribution in [2.24, 2.45) is 0 Å². The molecule has 7 rings (SSSR count). The maximum Gasteiger partial charge on any atom is 0.416 e. The van der Waals surface area contributed by atoms with Crippen LogP contribution in [0.5, 0.6) is 0 Å². The van der Waals surface area contributed by atoms with Crippen LogP contribution in [0.15, 0.2) is 120 Å². The summed E-state index contributed by atoms with van der Waals surface area (Å²) in [6, 6.07) is 28.0. The van der Waals surface area contributed by atoms with Crippen molar-refractivity contribution in [1.82, 2.24) is 24.7 Å². The van der Waals surface area contributed by atoms with Gasteiger partial charge in [-0.3, -0.25) is 14.5 Å². The number of halogens is 3. The Hall–Kier alpha value is -5.53. The molecule has 13 heteroatoms. The van der Waals surface area contributed by atoms with Crippen LogP contribution < -0.4 is 9.80 Å². The van der Waals surface area contributed by atoms with Gasteiger partial charge >= 0.3 is 6.18 Å². The number of pyridine rings is 1. The second kappa shape index (κ2) is 17.9. The first-order valence-electron chi connectivity index (χ1n) is 18.8. The minimum Gasteiger partial charge on any atom is -0.368 e. The fourth-order valence-electron chi connectivity index (χ4n) is 7.18. The van der Waals surface area contributed by atoms with E-state index in [0.29, 0.717) is 37.4 Å². The average Bonchev–Trinajstić information content (AvgIpc) is 3.76. The molecule has 2 aromatic heterocycles. The first-order valence-corrected chi connectivity index (χ1v) is 19.7. The number of alkyl halides is 3. The van der Waals surface area contributed by atoms with Gasteiger partial charge < -0.3 is 19.6 Å². The van der Waals surface area contributed by atoms with Crippen LogP contribution in [0.3, 0.4) is 0 Å². The summed E-state index contributed by atoms with van der Waals surface area (Å²) >= 11 is 1.43. The third-order valence-corrected chi connectivity index (χ3v) is 11.0. The molecule has 4 heterocycles. The molecule has 1 atom stereocenters. The Morgan fingerprint density at radius 2 is 1.46 bits per heavy atom. The standard InChI is InChI=1S/C43H44F3N7O2S/c44-43(45,46)36-14-9-33(10-15-36)13-18-41(54)53(30-35-11-16-38(17-12-35)50-24-26-51(27-25-50)40-8-4-5-19-47-40)39(28-37-31-56-32-48-37)42(55)52-22-20-49(21-23-52)29-34-6-2-1-3-7-34/h1-19,31-32,39H,20-30H2/t39-/m0/s1. The molecule has 3 aromatic carbocycles. The lowest BCUT2D eigenvalue weighted by molar-refractivity contribution is -0.145. The summed E-state index contributed by atoms with van der Waals surface area (Å²) in [6.07, 6.45) is 0.411. The molecule has 0 unspecified atom stereocenters. The number of benzene rings is 3. The van der Waals surface area contributed by atoms with Gasteiger partial charge in [-0.2, -0.15) is 13.2 Å². The van der Waals surface area contributed by atoms with Crippen LogP contribution in [0.4, 0.5) is 24.7 Å². The highest BCUT2D eigenvalue weighted by Gasteiger charge is 2.35. The number of carbonyl (C=O) groups excluding carboxylic acids is 2. The number of hydrogen-bond acceptors (Lipinski definition) is 8. The molecular formula is C43H44F3N7O2S. The van der Waals surface area contributed by atoms with E-state index in [4.69, 9.17) is 0 Å². The smallest absolute Gasteiger partial charge is 0.368 e. The molecule has 0 radical (unpaired) electrons. The summed E-state index contributed by atoms with van der Waals surface area (Å²) in [7, 11) is 0. The Kier molecular flexibility index (Phi) is 12.4. The molecule has 2 aliphatic rings. The van der Waals surface area contributed by atoms with Crippen LogP contribution in [0.2, 0.25) is 0 Å². The second-order valence-corrected chi connectivity index (χ2v) is 14.8. The fraction of sp³-hybridized carbons (Fsp3) is 0.302. The number of thiazole rings is 1. The van der Waals surface area contributed by atoms with Crippen LogP contribution in [0, 0.1) is 0 Å². The van der Waals surface area contributed by atoms with Crippen LogP contribution in [-0.2, 0) is 35.3 Å². The Balaban J connectivity index is 1.10. The summed E-state index contributed by atoms with van der Waals surface area (Å²) in [5, 5.41) is 1.89. The SMILES string of the molecule is O=C([C@H](Cc1cscn1)N(Cc1ccc(N2CCN(c3ccccn3)CC2)cc1)C(=O)C=Cc1ccc(C(F)(F)F)cc1)N1CCN(Cc2ccccc2)CC1. The molecular weight excluding hydrogens is 736 g/mol. The number of carbonyl (C=O) groups is 2. The Labute approximate surface area is 329 Å². The minimum absolute atomic E-state index is 0.151. The van der Waals surface area contributed by atoms with Crippen molar-refractivity contribution < 1.29 is 22.8 Å². The normalized spacial score (nSPS) is 15.9. The van der Waals surface area contributed by atoms with Gasteiger partial charge in [0.15, 0.2) is 0 Å². The Bertz CT molecular complexity index is 2030. The Morgan fingerprint density at radius 1 is 0.768 bits per heavy atom. The van der Waals surface area contributed by atoms with E-state index in [1.54, 1.807) is 16.6 Å². The number of anilines is 2. The van der Waals surface area contributed by atoms with Crippen molar-refractivity contribution in [3.8, 4) is 0 Å². The van der Waals surface area contributed by atoms with Crippen molar-refractivity contribution in [2.45, 2.75) is 31.7 Å². The number of amides is 2.